The fourth-order valence-electron chi connectivity index (χ4n) is 1.58. The Morgan fingerprint density at radius 3 is 2.59 bits per heavy atom. The second-order valence-electron chi connectivity index (χ2n) is 4.28. The van der Waals surface area contributed by atoms with Gasteiger partial charge in [0.15, 0.2) is 0 Å². The molecule has 1 aromatic carbocycles. The van der Waals surface area contributed by atoms with Gasteiger partial charge in [-0.15, -0.1) is 0 Å². The summed E-state index contributed by atoms with van der Waals surface area (Å²) in [7, 11) is 1.70. The van der Waals surface area contributed by atoms with Crippen molar-refractivity contribution in [3.63, 3.8) is 0 Å². The van der Waals surface area contributed by atoms with Crippen molar-refractivity contribution in [3.05, 3.63) is 29.8 Å². The van der Waals surface area contributed by atoms with Gasteiger partial charge in [-0.2, -0.15) is 0 Å². The third-order valence-electron chi connectivity index (χ3n) is 2.44. The van der Waals surface area contributed by atoms with Crippen LogP contribution in [0.1, 0.15) is 12.5 Å². The van der Waals surface area contributed by atoms with Crippen LogP contribution in [-0.2, 0) is 16.0 Å². The van der Waals surface area contributed by atoms with Crippen LogP contribution in [0.5, 0.6) is 0 Å². The Morgan fingerprint density at radius 1 is 1.41 bits per heavy atom. The van der Waals surface area contributed by atoms with Crippen LogP contribution in [0.25, 0.3) is 0 Å². The zero-order valence-corrected chi connectivity index (χ0v) is 10.4. The van der Waals surface area contributed by atoms with E-state index in [0.717, 1.165) is 24.4 Å². The highest BCUT2D eigenvalue weighted by molar-refractivity contribution is 5.76. The van der Waals surface area contributed by atoms with Crippen LogP contribution in [-0.4, -0.2) is 26.2 Å². The van der Waals surface area contributed by atoms with E-state index in [1.165, 1.54) is 0 Å². The van der Waals surface area contributed by atoms with Crippen LogP contribution in [0.2, 0.25) is 0 Å². The molecule has 0 radical (unpaired) electrons. The van der Waals surface area contributed by atoms with E-state index in [-0.39, 0.29) is 5.91 Å². The van der Waals surface area contributed by atoms with E-state index >= 15 is 0 Å². The van der Waals surface area contributed by atoms with Gasteiger partial charge in [0.1, 0.15) is 0 Å². The van der Waals surface area contributed by atoms with Gasteiger partial charge in [-0.05, 0) is 23.6 Å². The lowest BCUT2D eigenvalue weighted by Crippen LogP contribution is -2.16. The summed E-state index contributed by atoms with van der Waals surface area (Å²) in [4.78, 5) is 10.7. The molecule has 1 unspecified atom stereocenters. The van der Waals surface area contributed by atoms with Crippen molar-refractivity contribution in [2.45, 2.75) is 13.3 Å². The van der Waals surface area contributed by atoms with E-state index in [4.69, 9.17) is 10.5 Å². The number of carbonyl (C=O) groups excluding carboxylic acids is 1. The Hall–Kier alpha value is -1.55. The molecule has 0 aliphatic rings. The minimum atomic E-state index is -0.306. The maximum Gasteiger partial charge on any atom is 0.221 e. The molecule has 4 heteroatoms. The second kappa shape index (κ2) is 6.91. The summed E-state index contributed by atoms with van der Waals surface area (Å²) in [6.45, 7) is 3.73. The molecule has 0 heterocycles. The number of hydrogen-bond donors (Lipinski definition) is 2. The van der Waals surface area contributed by atoms with Gasteiger partial charge < -0.3 is 15.8 Å². The Labute approximate surface area is 102 Å². The van der Waals surface area contributed by atoms with Crippen LogP contribution in [0, 0.1) is 5.92 Å². The van der Waals surface area contributed by atoms with E-state index < -0.39 is 0 Å². The van der Waals surface area contributed by atoms with Crippen LogP contribution in [0.3, 0.4) is 0 Å². The number of nitrogens with one attached hydrogen (secondary N) is 1. The largest absolute Gasteiger partial charge is 0.385 e. The predicted octanol–water partition coefficient (Wildman–Crippen LogP) is 1.41. The zero-order valence-electron chi connectivity index (χ0n) is 10.4. The first-order valence-electron chi connectivity index (χ1n) is 5.72. The number of hydrogen-bond acceptors (Lipinski definition) is 3. The fraction of sp³-hybridized carbons (Fsp3) is 0.462. The number of carbonyl (C=O) groups is 1. The van der Waals surface area contributed by atoms with Gasteiger partial charge >= 0.3 is 0 Å². The van der Waals surface area contributed by atoms with Crippen molar-refractivity contribution >= 4 is 11.6 Å². The normalized spacial score (nSPS) is 12.1. The molecule has 94 valence electrons. The van der Waals surface area contributed by atoms with Gasteiger partial charge in [0.05, 0.1) is 13.0 Å². The number of benzene rings is 1. The molecule has 0 saturated heterocycles. The first kappa shape index (κ1) is 13.5. The van der Waals surface area contributed by atoms with Crippen LogP contribution in [0.4, 0.5) is 5.69 Å². The number of nitrogens with two attached hydrogens (primary N) is 1. The van der Waals surface area contributed by atoms with Crippen molar-refractivity contribution in [3.8, 4) is 0 Å². The lowest BCUT2D eigenvalue weighted by atomic mass is 10.1. The summed E-state index contributed by atoms with van der Waals surface area (Å²) >= 11 is 0. The summed E-state index contributed by atoms with van der Waals surface area (Å²) in [6.07, 6.45) is 0.292. The monoisotopic (exact) mass is 236 g/mol. The molecule has 1 atom stereocenters. The molecule has 0 bridgehead atoms. The van der Waals surface area contributed by atoms with Gasteiger partial charge in [0, 0.05) is 19.3 Å². The Kier molecular flexibility index (Phi) is 5.49. The highest BCUT2D eigenvalue weighted by Crippen LogP contribution is 2.10. The molecule has 17 heavy (non-hydrogen) atoms. The van der Waals surface area contributed by atoms with E-state index in [0.29, 0.717) is 12.3 Å². The fourth-order valence-corrected chi connectivity index (χ4v) is 1.58. The summed E-state index contributed by atoms with van der Waals surface area (Å²) in [5.41, 5.74) is 7.11. The van der Waals surface area contributed by atoms with E-state index in [1.54, 1.807) is 7.11 Å². The molecule has 1 amide bonds. The molecule has 0 saturated carbocycles. The molecule has 4 nitrogen and oxygen atoms in total. The van der Waals surface area contributed by atoms with Gasteiger partial charge in [0.2, 0.25) is 5.91 Å². The minimum absolute atomic E-state index is 0.292. The van der Waals surface area contributed by atoms with Crippen LogP contribution < -0.4 is 11.1 Å². The molecule has 3 N–H and O–H groups in total. The molecule has 0 aromatic heterocycles. The predicted molar refractivity (Wildman–Crippen MR) is 68.9 cm³/mol. The average molecular weight is 236 g/mol. The Bertz CT molecular complexity index is 349. The number of rotatable bonds is 7. The number of primary amides is 1. The lowest BCUT2D eigenvalue weighted by Gasteiger charge is -2.12. The Balaban J connectivity index is 2.42. The summed E-state index contributed by atoms with van der Waals surface area (Å²) in [6, 6.07) is 7.73. The van der Waals surface area contributed by atoms with E-state index in [9.17, 15) is 4.79 Å². The molecule has 0 aliphatic heterocycles. The van der Waals surface area contributed by atoms with Crippen LogP contribution >= 0.6 is 0 Å². The van der Waals surface area contributed by atoms with Crippen molar-refractivity contribution < 1.29 is 9.53 Å². The first-order chi connectivity index (χ1) is 8.11. The van der Waals surface area contributed by atoms with Crippen molar-refractivity contribution in [1.82, 2.24) is 0 Å². The number of anilines is 1. The van der Waals surface area contributed by atoms with Gasteiger partial charge in [-0.3, -0.25) is 4.79 Å². The molecular weight excluding hydrogens is 216 g/mol. The molecule has 1 aromatic rings. The van der Waals surface area contributed by atoms with Gasteiger partial charge in [0.25, 0.3) is 0 Å². The Morgan fingerprint density at radius 2 is 2.06 bits per heavy atom. The topological polar surface area (TPSA) is 64.3 Å². The highest BCUT2D eigenvalue weighted by Gasteiger charge is 2.02. The number of amides is 1. The summed E-state index contributed by atoms with van der Waals surface area (Å²) in [5.74, 6) is 0.157. The smallest absolute Gasteiger partial charge is 0.221 e. The van der Waals surface area contributed by atoms with Crippen molar-refractivity contribution in [1.29, 1.82) is 0 Å². The first-order valence-corrected chi connectivity index (χ1v) is 5.72. The number of ether oxygens (including phenoxy) is 1. The van der Waals surface area contributed by atoms with Crippen molar-refractivity contribution in [2.75, 3.05) is 25.6 Å². The SMILES string of the molecule is COCC(C)CNc1ccc(CC(N)=O)cc1. The van der Waals surface area contributed by atoms with Gasteiger partial charge in [-0.1, -0.05) is 19.1 Å². The molecular formula is C13H20N2O2. The molecule has 1 rings (SSSR count). The van der Waals surface area contributed by atoms with Crippen molar-refractivity contribution in [2.24, 2.45) is 11.7 Å². The summed E-state index contributed by atoms with van der Waals surface area (Å²) < 4.78 is 5.06. The maximum atomic E-state index is 10.7. The molecule has 0 aliphatic carbocycles. The average Bonchev–Trinajstić information content (AvgIpc) is 2.28. The quantitative estimate of drug-likeness (QED) is 0.752. The standard InChI is InChI=1S/C13H20N2O2/c1-10(9-17-2)8-15-12-5-3-11(4-6-12)7-13(14)16/h3-6,10,15H,7-9H2,1-2H3,(H2,14,16). The lowest BCUT2D eigenvalue weighted by molar-refractivity contribution is -0.117. The maximum absolute atomic E-state index is 10.7. The van der Waals surface area contributed by atoms with Gasteiger partial charge in [-0.25, -0.2) is 0 Å². The zero-order chi connectivity index (χ0) is 12.7. The number of methoxy groups -OCH3 is 1. The molecule has 0 fully saturated rings. The second-order valence-corrected chi connectivity index (χ2v) is 4.28. The summed E-state index contributed by atoms with van der Waals surface area (Å²) in [5, 5.41) is 3.31. The molecule has 0 spiro atoms. The minimum Gasteiger partial charge on any atom is -0.385 e. The van der Waals surface area contributed by atoms with E-state index in [1.807, 2.05) is 24.3 Å². The van der Waals surface area contributed by atoms with Crippen LogP contribution in [0.15, 0.2) is 24.3 Å². The third-order valence-corrected chi connectivity index (χ3v) is 2.44. The van der Waals surface area contributed by atoms with E-state index in [2.05, 4.69) is 12.2 Å². The highest BCUT2D eigenvalue weighted by atomic mass is 16.5. The third kappa shape index (κ3) is 5.36.